The Kier molecular flexibility index (Phi) is 6.62. The predicted molar refractivity (Wildman–Crippen MR) is 114 cm³/mol. The minimum Gasteiger partial charge on any atom is -0.497 e. The number of hydrogen-bond acceptors (Lipinski definition) is 4. The zero-order valence-corrected chi connectivity index (χ0v) is 17.2. The van der Waals surface area contributed by atoms with Crippen LogP contribution in [0.5, 0.6) is 17.2 Å². The van der Waals surface area contributed by atoms with Crippen molar-refractivity contribution in [3.8, 4) is 17.2 Å². The van der Waals surface area contributed by atoms with Crippen molar-refractivity contribution in [3.63, 3.8) is 0 Å². The molecule has 0 saturated carbocycles. The number of benzene rings is 3. The van der Waals surface area contributed by atoms with Gasteiger partial charge in [0.2, 0.25) is 0 Å². The molecular weight excluding hydrogens is 390 g/mol. The molecule has 0 fully saturated rings. The minimum absolute atomic E-state index is 0.302. The van der Waals surface area contributed by atoms with Gasteiger partial charge < -0.3 is 19.5 Å². The van der Waals surface area contributed by atoms with Crippen LogP contribution in [-0.2, 0) is 6.61 Å². The summed E-state index contributed by atoms with van der Waals surface area (Å²) >= 11 is 6.39. The average Bonchev–Trinajstić information content (AvgIpc) is 2.74. The Balaban J connectivity index is 1.75. The number of carbonyl (C=O) groups excluding carboxylic acids is 1. The Labute approximate surface area is 175 Å². The van der Waals surface area contributed by atoms with Crippen LogP contribution in [0.15, 0.2) is 60.7 Å². The number of ether oxygens (including phenoxy) is 3. The highest BCUT2D eigenvalue weighted by Crippen LogP contribution is 2.37. The first-order valence-electron chi connectivity index (χ1n) is 9.01. The first-order valence-corrected chi connectivity index (χ1v) is 9.39. The summed E-state index contributed by atoms with van der Waals surface area (Å²) < 4.78 is 16.4. The Morgan fingerprint density at radius 2 is 1.66 bits per heavy atom. The quantitative estimate of drug-likeness (QED) is 0.558. The Morgan fingerprint density at radius 3 is 2.28 bits per heavy atom. The van der Waals surface area contributed by atoms with Crippen LogP contribution in [-0.4, -0.2) is 20.1 Å². The second-order valence-corrected chi connectivity index (χ2v) is 6.85. The minimum atomic E-state index is -0.305. The number of nitrogens with one attached hydrogen (secondary N) is 1. The summed E-state index contributed by atoms with van der Waals surface area (Å²) in [6.07, 6.45) is 0. The number of hydrogen-bond donors (Lipinski definition) is 1. The summed E-state index contributed by atoms with van der Waals surface area (Å²) in [6, 6.07) is 18.2. The van der Waals surface area contributed by atoms with Crippen LogP contribution in [0.25, 0.3) is 0 Å². The number of halogens is 1. The third-order valence-corrected chi connectivity index (χ3v) is 4.62. The number of rotatable bonds is 7. The fraction of sp³-hybridized carbons (Fsp3) is 0.174. The molecule has 3 aromatic rings. The lowest BCUT2D eigenvalue weighted by Gasteiger charge is -2.14. The zero-order chi connectivity index (χ0) is 20.8. The van der Waals surface area contributed by atoms with E-state index in [2.05, 4.69) is 5.32 Å². The van der Waals surface area contributed by atoms with Gasteiger partial charge in [0.15, 0.2) is 11.5 Å². The summed E-state index contributed by atoms with van der Waals surface area (Å²) in [4.78, 5) is 12.6. The maximum atomic E-state index is 12.6. The van der Waals surface area contributed by atoms with E-state index in [-0.39, 0.29) is 5.91 Å². The van der Waals surface area contributed by atoms with E-state index in [0.717, 1.165) is 5.56 Å². The molecule has 0 radical (unpaired) electrons. The molecule has 0 aliphatic carbocycles. The van der Waals surface area contributed by atoms with Gasteiger partial charge in [0, 0.05) is 11.3 Å². The highest BCUT2D eigenvalue weighted by atomic mass is 35.5. The van der Waals surface area contributed by atoms with Crippen LogP contribution >= 0.6 is 11.6 Å². The molecule has 29 heavy (non-hydrogen) atoms. The molecule has 0 unspecified atom stereocenters. The summed E-state index contributed by atoms with van der Waals surface area (Å²) in [7, 11) is 3.10. The third kappa shape index (κ3) is 5.21. The molecule has 1 amide bonds. The van der Waals surface area contributed by atoms with Gasteiger partial charge in [-0.1, -0.05) is 41.4 Å². The van der Waals surface area contributed by atoms with E-state index in [9.17, 15) is 4.79 Å². The second-order valence-electron chi connectivity index (χ2n) is 6.45. The van der Waals surface area contributed by atoms with Gasteiger partial charge in [-0.25, -0.2) is 0 Å². The van der Waals surface area contributed by atoms with Crippen molar-refractivity contribution < 1.29 is 19.0 Å². The Bertz CT molecular complexity index is 985. The largest absolute Gasteiger partial charge is 0.497 e. The topological polar surface area (TPSA) is 56.8 Å². The number of amides is 1. The Hall–Kier alpha value is -3.18. The lowest BCUT2D eigenvalue weighted by Crippen LogP contribution is -2.12. The molecule has 0 bridgehead atoms. The number of anilines is 1. The summed E-state index contributed by atoms with van der Waals surface area (Å²) in [5.74, 6) is 1.20. The molecule has 6 heteroatoms. The van der Waals surface area contributed by atoms with E-state index in [4.69, 9.17) is 25.8 Å². The molecule has 0 atom stereocenters. The van der Waals surface area contributed by atoms with E-state index in [1.807, 2.05) is 31.2 Å². The number of methoxy groups -OCH3 is 2. The summed E-state index contributed by atoms with van der Waals surface area (Å²) in [5.41, 5.74) is 3.20. The van der Waals surface area contributed by atoms with Gasteiger partial charge in [-0.3, -0.25) is 4.79 Å². The Morgan fingerprint density at radius 1 is 0.966 bits per heavy atom. The first-order chi connectivity index (χ1) is 14.0. The molecule has 150 valence electrons. The van der Waals surface area contributed by atoms with Gasteiger partial charge in [-0.15, -0.1) is 0 Å². The highest BCUT2D eigenvalue weighted by molar-refractivity contribution is 6.32. The molecule has 0 aliphatic rings. The van der Waals surface area contributed by atoms with Gasteiger partial charge >= 0.3 is 0 Å². The molecule has 0 heterocycles. The lowest BCUT2D eigenvalue weighted by atomic mass is 10.1. The smallest absolute Gasteiger partial charge is 0.255 e. The highest BCUT2D eigenvalue weighted by Gasteiger charge is 2.16. The van der Waals surface area contributed by atoms with Gasteiger partial charge in [0.25, 0.3) is 5.91 Å². The predicted octanol–water partition coefficient (Wildman–Crippen LogP) is 5.50. The van der Waals surface area contributed by atoms with Crippen LogP contribution in [0, 0.1) is 6.92 Å². The van der Waals surface area contributed by atoms with Crippen molar-refractivity contribution in [1.82, 2.24) is 0 Å². The maximum absolute atomic E-state index is 12.6. The fourth-order valence-corrected chi connectivity index (χ4v) is 2.97. The first kappa shape index (κ1) is 20.6. The van der Waals surface area contributed by atoms with Gasteiger partial charge in [-0.05, 0) is 48.9 Å². The molecular formula is C23H22ClNO4. The van der Waals surface area contributed by atoms with Gasteiger partial charge in [-0.2, -0.15) is 0 Å². The standard InChI is InChI=1S/C23H22ClNO4/c1-15-4-6-16(7-5-15)14-29-22-20(24)12-17(13-21(22)28-3)23(26)25-18-8-10-19(27-2)11-9-18/h4-13H,14H2,1-3H3,(H,25,26). The third-order valence-electron chi connectivity index (χ3n) is 4.34. The van der Waals surface area contributed by atoms with E-state index in [1.54, 1.807) is 43.5 Å². The van der Waals surface area contributed by atoms with E-state index in [1.165, 1.54) is 12.7 Å². The van der Waals surface area contributed by atoms with Crippen molar-refractivity contribution >= 4 is 23.2 Å². The average molecular weight is 412 g/mol. The molecule has 0 spiro atoms. The van der Waals surface area contributed by atoms with Crippen LogP contribution in [0.1, 0.15) is 21.5 Å². The van der Waals surface area contributed by atoms with E-state index >= 15 is 0 Å². The van der Waals surface area contributed by atoms with Crippen LogP contribution in [0.4, 0.5) is 5.69 Å². The van der Waals surface area contributed by atoms with Crippen LogP contribution < -0.4 is 19.5 Å². The van der Waals surface area contributed by atoms with Gasteiger partial charge in [0.05, 0.1) is 19.2 Å². The lowest BCUT2D eigenvalue weighted by molar-refractivity contribution is 0.102. The molecule has 1 N–H and O–H groups in total. The van der Waals surface area contributed by atoms with Crippen molar-refractivity contribution in [1.29, 1.82) is 0 Å². The van der Waals surface area contributed by atoms with Gasteiger partial charge in [0.1, 0.15) is 12.4 Å². The molecule has 0 aliphatic heterocycles. The molecule has 3 rings (SSSR count). The van der Waals surface area contributed by atoms with Crippen molar-refractivity contribution in [2.45, 2.75) is 13.5 Å². The normalized spacial score (nSPS) is 10.3. The van der Waals surface area contributed by atoms with Crippen molar-refractivity contribution in [2.24, 2.45) is 0 Å². The van der Waals surface area contributed by atoms with Crippen LogP contribution in [0.3, 0.4) is 0 Å². The zero-order valence-electron chi connectivity index (χ0n) is 16.5. The number of carbonyl (C=O) groups is 1. The van der Waals surface area contributed by atoms with Crippen LogP contribution in [0.2, 0.25) is 5.02 Å². The van der Waals surface area contributed by atoms with E-state index < -0.39 is 0 Å². The maximum Gasteiger partial charge on any atom is 0.255 e. The molecule has 0 saturated heterocycles. The second kappa shape index (κ2) is 9.34. The number of aryl methyl sites for hydroxylation is 1. The summed E-state index contributed by atoms with van der Waals surface area (Å²) in [5, 5.41) is 3.12. The van der Waals surface area contributed by atoms with E-state index in [0.29, 0.717) is 40.1 Å². The summed E-state index contributed by atoms with van der Waals surface area (Å²) in [6.45, 7) is 2.37. The van der Waals surface area contributed by atoms with Crippen molar-refractivity contribution in [3.05, 3.63) is 82.4 Å². The van der Waals surface area contributed by atoms with Crippen molar-refractivity contribution in [2.75, 3.05) is 19.5 Å². The molecule has 5 nitrogen and oxygen atoms in total. The monoisotopic (exact) mass is 411 g/mol. The fourth-order valence-electron chi connectivity index (χ4n) is 2.71. The SMILES string of the molecule is COc1ccc(NC(=O)c2cc(Cl)c(OCc3ccc(C)cc3)c(OC)c2)cc1. The molecule has 3 aromatic carbocycles. The molecule has 0 aromatic heterocycles.